The molecule has 5 aliphatic rings. The van der Waals surface area contributed by atoms with E-state index in [1.165, 1.54) is 25.7 Å². The van der Waals surface area contributed by atoms with E-state index in [-0.39, 0.29) is 34.5 Å². The van der Waals surface area contributed by atoms with Gasteiger partial charge in [-0.1, -0.05) is 53.9 Å². The second kappa shape index (κ2) is 13.4. The van der Waals surface area contributed by atoms with Gasteiger partial charge in [-0.2, -0.15) is 0 Å². The summed E-state index contributed by atoms with van der Waals surface area (Å²) in [7, 11) is -4.84. The van der Waals surface area contributed by atoms with Gasteiger partial charge < -0.3 is 40.1 Å². The van der Waals surface area contributed by atoms with E-state index in [9.17, 15) is 30.1 Å². The van der Waals surface area contributed by atoms with Gasteiger partial charge in [-0.15, -0.1) is 0 Å². The van der Waals surface area contributed by atoms with Crippen molar-refractivity contribution in [1.82, 2.24) is 5.32 Å². The van der Waals surface area contributed by atoms with Crippen LogP contribution < -0.4 is 5.32 Å². The van der Waals surface area contributed by atoms with Crippen molar-refractivity contribution in [3.8, 4) is 0 Å². The maximum Gasteiger partial charge on any atom is 0.469 e. The van der Waals surface area contributed by atoms with Crippen LogP contribution in [0.3, 0.4) is 0 Å². The van der Waals surface area contributed by atoms with E-state index in [0.717, 1.165) is 37.2 Å². The largest absolute Gasteiger partial charge is 0.510 e. The minimum absolute atomic E-state index is 0.0183. The van der Waals surface area contributed by atoms with Crippen molar-refractivity contribution >= 4 is 7.82 Å². The lowest BCUT2D eigenvalue weighted by Gasteiger charge is -2.60. The molecule has 0 aromatic rings. The molecule has 3 saturated carbocycles. The first-order valence-electron chi connectivity index (χ1n) is 17.2. The molecule has 1 heterocycles. The van der Waals surface area contributed by atoms with E-state index in [1.54, 1.807) is 0 Å². The Morgan fingerprint density at radius 3 is 2.33 bits per heavy atom. The number of rotatable bonds is 10. The van der Waals surface area contributed by atoms with Gasteiger partial charge in [0.15, 0.2) is 0 Å². The Kier molecular flexibility index (Phi) is 10.6. The smallest absolute Gasteiger partial charge is 0.469 e. The van der Waals surface area contributed by atoms with Crippen molar-refractivity contribution < 1.29 is 49.1 Å². The van der Waals surface area contributed by atoms with E-state index >= 15 is 0 Å². The summed E-state index contributed by atoms with van der Waals surface area (Å²) in [6.45, 7) is 11.0. The lowest BCUT2D eigenvalue weighted by Crippen LogP contribution is -2.64. The summed E-state index contributed by atoms with van der Waals surface area (Å²) in [4.78, 5) is 18.1. The van der Waals surface area contributed by atoms with Crippen LogP contribution in [0.4, 0.5) is 0 Å². The maximum absolute atomic E-state index is 11.8. The standard InChI is InChI=1S/C33H58NO10P/c1-17(2)7-6-8-18(3)20-9-10-21-25-22(12-14-32(20,21)4)33(5)13-11-19(15-23(33)26(35)28(25)37)34-31-30(39)29(38)27(36)24(44-31)16-43-45(40,41)42/h17-22,24-25,27-31,34-39H,6-16H2,1-5H3,(H2,40,41,42)/t18-,19+,20-,21+,22+,24-,25+,27-,28?,29-,30+,31+,32-,33-/m1/s1. The number of nitrogens with one attached hydrogen (secondary N) is 1. The van der Waals surface area contributed by atoms with Crippen LogP contribution in [0, 0.1) is 46.3 Å². The zero-order valence-electron chi connectivity index (χ0n) is 27.6. The van der Waals surface area contributed by atoms with E-state index < -0.39 is 51.2 Å². The summed E-state index contributed by atoms with van der Waals surface area (Å²) in [6.07, 6.45) is 2.04. The molecule has 4 aliphatic carbocycles. The van der Waals surface area contributed by atoms with E-state index in [1.807, 2.05) is 0 Å². The van der Waals surface area contributed by atoms with Crippen LogP contribution in [0.1, 0.15) is 98.8 Å². The Balaban J connectivity index is 1.29. The molecule has 0 aromatic carbocycles. The lowest BCUT2D eigenvalue weighted by molar-refractivity contribution is -0.237. The molecule has 0 spiro atoms. The maximum atomic E-state index is 11.8. The van der Waals surface area contributed by atoms with E-state index in [4.69, 9.17) is 14.5 Å². The molecule has 11 nitrogen and oxygen atoms in total. The summed E-state index contributed by atoms with van der Waals surface area (Å²) in [5, 5.41) is 58.0. The molecule has 14 atom stereocenters. The van der Waals surface area contributed by atoms with Gasteiger partial charge in [0.25, 0.3) is 0 Å². The van der Waals surface area contributed by atoms with Gasteiger partial charge in [0.05, 0.1) is 6.61 Å². The first-order chi connectivity index (χ1) is 21.0. The fraction of sp³-hybridized carbons (Fsp3) is 0.939. The number of phosphoric acid groups is 1. The van der Waals surface area contributed by atoms with Crippen molar-refractivity contribution in [2.45, 2.75) is 142 Å². The van der Waals surface area contributed by atoms with Gasteiger partial charge >= 0.3 is 7.82 Å². The molecule has 260 valence electrons. The summed E-state index contributed by atoms with van der Waals surface area (Å²) in [5.74, 6) is 2.73. The Morgan fingerprint density at radius 2 is 1.67 bits per heavy atom. The second-order valence-corrected chi connectivity index (χ2v) is 17.2. The molecule has 0 amide bonds. The molecule has 4 fully saturated rings. The third-order valence-corrected chi connectivity index (χ3v) is 13.5. The normalized spacial score (nSPS) is 46.1. The predicted molar refractivity (Wildman–Crippen MR) is 168 cm³/mol. The highest BCUT2D eigenvalue weighted by Gasteiger charge is 2.63. The third-order valence-electron chi connectivity index (χ3n) is 13.0. The zero-order chi connectivity index (χ0) is 33.1. The van der Waals surface area contributed by atoms with Gasteiger partial charge in [0, 0.05) is 6.04 Å². The number of ether oxygens (including phenoxy) is 1. The molecule has 0 radical (unpaired) electrons. The number of fused-ring (bicyclic) bond motifs is 5. The van der Waals surface area contributed by atoms with Crippen molar-refractivity contribution in [2.75, 3.05) is 6.61 Å². The molecule has 1 saturated heterocycles. The van der Waals surface area contributed by atoms with E-state index in [0.29, 0.717) is 30.6 Å². The molecule has 0 aromatic heterocycles. The molecule has 12 heteroatoms. The fourth-order valence-electron chi connectivity index (χ4n) is 10.5. The summed E-state index contributed by atoms with van der Waals surface area (Å²) < 4.78 is 21.4. The van der Waals surface area contributed by atoms with Crippen LogP contribution in [0.25, 0.3) is 0 Å². The highest BCUT2D eigenvalue weighted by atomic mass is 31.2. The summed E-state index contributed by atoms with van der Waals surface area (Å²) >= 11 is 0. The van der Waals surface area contributed by atoms with Crippen LogP contribution in [0.5, 0.6) is 0 Å². The highest BCUT2D eigenvalue weighted by Crippen LogP contribution is 2.68. The summed E-state index contributed by atoms with van der Waals surface area (Å²) in [5.41, 5.74) is 0.731. The number of phosphoric ester groups is 1. The zero-order valence-corrected chi connectivity index (χ0v) is 28.5. The molecule has 1 unspecified atom stereocenters. The molecule has 45 heavy (non-hydrogen) atoms. The Morgan fingerprint density at radius 1 is 0.956 bits per heavy atom. The van der Waals surface area contributed by atoms with Crippen molar-refractivity contribution in [2.24, 2.45) is 46.3 Å². The van der Waals surface area contributed by atoms with Crippen molar-refractivity contribution in [1.29, 1.82) is 0 Å². The van der Waals surface area contributed by atoms with E-state index in [2.05, 4.69) is 44.5 Å². The van der Waals surface area contributed by atoms with Crippen LogP contribution in [-0.4, -0.2) is 84.7 Å². The first kappa shape index (κ1) is 35.7. The van der Waals surface area contributed by atoms with Crippen LogP contribution in [-0.2, 0) is 13.8 Å². The second-order valence-electron chi connectivity index (χ2n) is 16.0. The Bertz CT molecular complexity index is 1130. The number of hydrogen-bond donors (Lipinski definition) is 8. The Hall–Kier alpha value is -0.590. The third kappa shape index (κ3) is 6.83. The van der Waals surface area contributed by atoms with Gasteiger partial charge in [-0.25, -0.2) is 4.57 Å². The molecular weight excluding hydrogens is 601 g/mol. The van der Waals surface area contributed by atoms with Crippen LogP contribution in [0.15, 0.2) is 11.3 Å². The minimum atomic E-state index is -4.84. The van der Waals surface area contributed by atoms with Gasteiger partial charge in [0.2, 0.25) is 0 Å². The molecule has 1 aliphatic heterocycles. The van der Waals surface area contributed by atoms with Gasteiger partial charge in [-0.05, 0) is 96.9 Å². The number of aliphatic hydroxyl groups excluding tert-OH is 5. The monoisotopic (exact) mass is 659 g/mol. The number of aliphatic hydroxyl groups is 5. The highest BCUT2D eigenvalue weighted by molar-refractivity contribution is 7.46. The average Bonchev–Trinajstić information content (AvgIpc) is 3.32. The molecular formula is C33H58NO10P. The molecule has 0 bridgehead atoms. The van der Waals surface area contributed by atoms with Gasteiger partial charge in [0.1, 0.15) is 42.5 Å². The molecule has 8 N–H and O–H groups in total. The van der Waals surface area contributed by atoms with Crippen LogP contribution >= 0.6 is 7.82 Å². The van der Waals surface area contributed by atoms with Crippen molar-refractivity contribution in [3.63, 3.8) is 0 Å². The fourth-order valence-corrected chi connectivity index (χ4v) is 10.9. The topological polar surface area (TPSA) is 189 Å². The first-order valence-corrected chi connectivity index (χ1v) is 18.8. The van der Waals surface area contributed by atoms with Gasteiger partial charge in [-0.3, -0.25) is 9.84 Å². The van der Waals surface area contributed by atoms with Crippen LogP contribution in [0.2, 0.25) is 0 Å². The average molecular weight is 660 g/mol. The SMILES string of the molecule is CC(C)CCC[C@@H](C)[C@H]1CC[C@H]2[C@@H]3C(O)C(O)=C4C[C@@H](N[C@H]5O[C@H](COP(=O)(O)O)[C@@H](O)[C@@H](O)[C@@H]5O)CC[C@]4(C)[C@H]3CC[C@]12C. The minimum Gasteiger partial charge on any atom is -0.510 e. The van der Waals surface area contributed by atoms with Crippen molar-refractivity contribution in [3.05, 3.63) is 11.3 Å². The predicted octanol–water partition coefficient (Wildman–Crippen LogP) is 3.76. The Labute approximate surface area is 268 Å². The molecule has 5 rings (SSSR count). The number of hydrogen-bond acceptors (Lipinski definition) is 9. The lowest BCUT2D eigenvalue weighted by atomic mass is 9.46. The quantitative estimate of drug-likeness (QED) is 0.160. The summed E-state index contributed by atoms with van der Waals surface area (Å²) in [6, 6.07) is -0.263.